The van der Waals surface area contributed by atoms with Gasteiger partial charge in [-0.05, 0) is 61.6 Å². The van der Waals surface area contributed by atoms with Crippen LogP contribution in [0.4, 0.5) is 11.4 Å². The van der Waals surface area contributed by atoms with Crippen molar-refractivity contribution in [3.8, 4) is 5.75 Å². The molecule has 0 amide bonds. The molecular weight excluding hydrogens is 296 g/mol. The first-order chi connectivity index (χ1) is 11.4. The molecule has 0 aliphatic carbocycles. The molecule has 126 valence electrons. The van der Waals surface area contributed by atoms with Gasteiger partial charge in [0, 0.05) is 24.5 Å². The zero-order chi connectivity index (χ0) is 17.3. The van der Waals surface area contributed by atoms with Crippen LogP contribution in [-0.2, 0) is 0 Å². The highest BCUT2D eigenvalue weighted by molar-refractivity contribution is 5.84. The van der Waals surface area contributed by atoms with Gasteiger partial charge in [0.25, 0.3) is 0 Å². The Labute approximate surface area is 145 Å². The molecule has 0 saturated heterocycles. The molecule has 1 aliphatic rings. The van der Waals surface area contributed by atoms with Gasteiger partial charge in [-0.2, -0.15) is 0 Å². The molecule has 1 aliphatic heterocycles. The molecule has 1 atom stereocenters. The Hall–Kier alpha value is -2.29. The molecule has 3 heteroatoms. The van der Waals surface area contributed by atoms with Crippen LogP contribution in [-0.4, -0.2) is 25.9 Å². The summed E-state index contributed by atoms with van der Waals surface area (Å²) in [6, 6.07) is 14.5. The van der Waals surface area contributed by atoms with Crippen molar-refractivity contribution in [2.75, 3.05) is 19.1 Å². The Morgan fingerprint density at radius 1 is 1.21 bits per heavy atom. The van der Waals surface area contributed by atoms with E-state index in [4.69, 9.17) is 4.74 Å². The van der Waals surface area contributed by atoms with Crippen molar-refractivity contribution in [2.24, 2.45) is 4.99 Å². The van der Waals surface area contributed by atoms with E-state index in [-0.39, 0.29) is 5.54 Å². The second kappa shape index (κ2) is 6.31. The lowest BCUT2D eigenvalue weighted by molar-refractivity contribution is 0.395. The van der Waals surface area contributed by atoms with Crippen molar-refractivity contribution in [1.82, 2.24) is 0 Å². The maximum absolute atomic E-state index is 5.36. The van der Waals surface area contributed by atoms with E-state index >= 15 is 0 Å². The van der Waals surface area contributed by atoms with Crippen LogP contribution < -0.4 is 9.64 Å². The van der Waals surface area contributed by atoms with E-state index in [0.717, 1.165) is 23.4 Å². The van der Waals surface area contributed by atoms with Gasteiger partial charge >= 0.3 is 0 Å². The molecule has 0 saturated carbocycles. The van der Waals surface area contributed by atoms with E-state index in [0.29, 0.717) is 5.92 Å². The minimum Gasteiger partial charge on any atom is -0.494 e. The Kier molecular flexibility index (Phi) is 4.35. The van der Waals surface area contributed by atoms with Crippen molar-refractivity contribution in [2.45, 2.75) is 38.6 Å². The average Bonchev–Trinajstić information content (AvgIpc) is 2.58. The van der Waals surface area contributed by atoms with E-state index in [1.165, 1.54) is 11.3 Å². The molecule has 0 radical (unpaired) electrons. The molecule has 0 bridgehead atoms. The van der Waals surface area contributed by atoms with Gasteiger partial charge < -0.3 is 9.64 Å². The summed E-state index contributed by atoms with van der Waals surface area (Å²) in [5, 5.41) is 0. The van der Waals surface area contributed by atoms with Gasteiger partial charge in [0.15, 0.2) is 0 Å². The van der Waals surface area contributed by atoms with E-state index in [9.17, 15) is 0 Å². The van der Waals surface area contributed by atoms with Crippen LogP contribution in [0.15, 0.2) is 47.5 Å². The maximum atomic E-state index is 5.36. The van der Waals surface area contributed by atoms with Crippen LogP contribution in [0.5, 0.6) is 5.75 Å². The molecule has 0 N–H and O–H groups in total. The molecule has 2 aromatic rings. The number of methoxy groups -OCH3 is 1. The van der Waals surface area contributed by atoms with Crippen molar-refractivity contribution in [3.63, 3.8) is 0 Å². The van der Waals surface area contributed by atoms with Crippen molar-refractivity contribution in [3.05, 3.63) is 53.6 Å². The van der Waals surface area contributed by atoms with Crippen molar-refractivity contribution >= 4 is 17.6 Å². The number of rotatable bonds is 3. The molecule has 1 heterocycles. The Balaban J connectivity index is 1.92. The SMILES string of the molecule is COc1ccccc1N=Cc1ccc2c(c1)C(C)CC(C)(C)N2C. The monoisotopic (exact) mass is 322 g/mol. The largest absolute Gasteiger partial charge is 0.494 e. The van der Waals surface area contributed by atoms with Gasteiger partial charge in [-0.3, -0.25) is 4.99 Å². The van der Waals surface area contributed by atoms with Gasteiger partial charge in [-0.15, -0.1) is 0 Å². The molecule has 1 unspecified atom stereocenters. The number of ether oxygens (including phenoxy) is 1. The zero-order valence-corrected chi connectivity index (χ0v) is 15.2. The predicted octanol–water partition coefficient (Wildman–Crippen LogP) is 5.17. The van der Waals surface area contributed by atoms with Crippen LogP contribution >= 0.6 is 0 Å². The van der Waals surface area contributed by atoms with E-state index in [1.807, 2.05) is 30.5 Å². The summed E-state index contributed by atoms with van der Waals surface area (Å²) in [6.45, 7) is 6.93. The summed E-state index contributed by atoms with van der Waals surface area (Å²) in [4.78, 5) is 7.00. The fourth-order valence-corrected chi connectivity index (χ4v) is 3.56. The minimum absolute atomic E-state index is 0.194. The first-order valence-electron chi connectivity index (χ1n) is 8.47. The molecule has 24 heavy (non-hydrogen) atoms. The molecule has 2 aromatic carbocycles. The van der Waals surface area contributed by atoms with Crippen molar-refractivity contribution < 1.29 is 4.74 Å². The highest BCUT2D eigenvalue weighted by Gasteiger charge is 2.33. The topological polar surface area (TPSA) is 24.8 Å². The summed E-state index contributed by atoms with van der Waals surface area (Å²) in [5.74, 6) is 1.34. The maximum Gasteiger partial charge on any atom is 0.144 e. The predicted molar refractivity (Wildman–Crippen MR) is 102 cm³/mol. The van der Waals surface area contributed by atoms with Crippen LogP contribution in [0.3, 0.4) is 0 Å². The van der Waals surface area contributed by atoms with Gasteiger partial charge in [0.05, 0.1) is 7.11 Å². The molecule has 3 nitrogen and oxygen atoms in total. The van der Waals surface area contributed by atoms with E-state index in [1.54, 1.807) is 7.11 Å². The number of aliphatic imine (C=N–C) groups is 1. The average molecular weight is 322 g/mol. The third-order valence-corrected chi connectivity index (χ3v) is 5.10. The van der Waals surface area contributed by atoms with Crippen LogP contribution in [0.1, 0.15) is 44.2 Å². The number of nitrogens with zero attached hydrogens (tertiary/aromatic N) is 2. The smallest absolute Gasteiger partial charge is 0.144 e. The highest BCUT2D eigenvalue weighted by Crippen LogP contribution is 2.42. The molecule has 3 rings (SSSR count). The minimum atomic E-state index is 0.194. The Bertz CT molecular complexity index is 764. The lowest BCUT2D eigenvalue weighted by Gasteiger charge is -2.45. The highest BCUT2D eigenvalue weighted by atomic mass is 16.5. The zero-order valence-electron chi connectivity index (χ0n) is 15.2. The molecule has 0 aromatic heterocycles. The second-order valence-electron chi connectivity index (χ2n) is 7.22. The van der Waals surface area contributed by atoms with Crippen molar-refractivity contribution in [1.29, 1.82) is 0 Å². The van der Waals surface area contributed by atoms with Crippen LogP contribution in [0.25, 0.3) is 0 Å². The number of benzene rings is 2. The lowest BCUT2D eigenvalue weighted by Crippen LogP contribution is -2.45. The van der Waals surface area contributed by atoms with E-state index in [2.05, 4.69) is 55.9 Å². The van der Waals surface area contributed by atoms with E-state index < -0.39 is 0 Å². The summed E-state index contributed by atoms with van der Waals surface area (Å²) < 4.78 is 5.36. The van der Waals surface area contributed by atoms with Gasteiger partial charge in [0.1, 0.15) is 11.4 Å². The Morgan fingerprint density at radius 3 is 2.71 bits per heavy atom. The quantitative estimate of drug-likeness (QED) is 0.728. The number of hydrogen-bond donors (Lipinski definition) is 0. The fourth-order valence-electron chi connectivity index (χ4n) is 3.56. The molecule has 0 fully saturated rings. The van der Waals surface area contributed by atoms with Crippen LogP contribution in [0, 0.1) is 0 Å². The fraction of sp³-hybridized carbons (Fsp3) is 0.381. The third kappa shape index (κ3) is 3.03. The lowest BCUT2D eigenvalue weighted by atomic mass is 9.80. The molecule has 0 spiro atoms. The second-order valence-corrected chi connectivity index (χ2v) is 7.22. The first-order valence-corrected chi connectivity index (χ1v) is 8.47. The standard InChI is InChI=1S/C21H26N2O/c1-15-13-21(2,3)23(4)19-11-10-16(12-17(15)19)14-22-18-8-6-7-9-20(18)24-5/h6-12,14-15H,13H2,1-5H3. The number of fused-ring (bicyclic) bond motifs is 1. The van der Waals surface area contributed by atoms with Crippen LogP contribution in [0.2, 0.25) is 0 Å². The Morgan fingerprint density at radius 2 is 1.96 bits per heavy atom. The van der Waals surface area contributed by atoms with Gasteiger partial charge in [-0.1, -0.05) is 25.1 Å². The number of anilines is 1. The first kappa shape index (κ1) is 16.6. The van der Waals surface area contributed by atoms with Gasteiger partial charge in [-0.25, -0.2) is 0 Å². The van der Waals surface area contributed by atoms with Gasteiger partial charge in [0.2, 0.25) is 0 Å². The summed E-state index contributed by atoms with van der Waals surface area (Å²) in [5.41, 5.74) is 4.90. The summed E-state index contributed by atoms with van der Waals surface area (Å²) in [6.07, 6.45) is 3.08. The number of para-hydroxylation sites is 2. The third-order valence-electron chi connectivity index (χ3n) is 5.10. The summed E-state index contributed by atoms with van der Waals surface area (Å²) in [7, 11) is 3.86. The number of hydrogen-bond acceptors (Lipinski definition) is 3. The normalized spacial score (nSPS) is 19.4. The molecular formula is C21H26N2O. The summed E-state index contributed by atoms with van der Waals surface area (Å²) >= 11 is 0.